The van der Waals surface area contributed by atoms with Crippen LogP contribution in [0, 0.1) is 6.92 Å². The first-order valence-electron chi connectivity index (χ1n) is 5.82. The molecule has 0 fully saturated rings. The Morgan fingerprint density at radius 2 is 1.75 bits per heavy atom. The Morgan fingerprint density at radius 3 is 2.25 bits per heavy atom. The topological polar surface area (TPSA) is 18.5 Å². The maximum absolute atomic E-state index is 5.22. The molecule has 2 nitrogen and oxygen atoms in total. The molecule has 0 saturated carbocycles. The lowest BCUT2D eigenvalue weighted by molar-refractivity contribution is 0.202. The van der Waals surface area contributed by atoms with Crippen LogP contribution in [0.1, 0.15) is 31.4 Å². The van der Waals surface area contributed by atoms with E-state index >= 15 is 0 Å². The zero-order chi connectivity index (χ0) is 12.4. The van der Waals surface area contributed by atoms with E-state index in [-0.39, 0.29) is 0 Å². The molecule has 0 amide bonds. The zero-order valence-electron chi connectivity index (χ0n) is 11.2. The minimum Gasteiger partial charge on any atom is -0.496 e. The van der Waals surface area contributed by atoms with Crippen LogP contribution in [0.2, 0.25) is 0 Å². The summed E-state index contributed by atoms with van der Waals surface area (Å²) >= 11 is 0. The third kappa shape index (κ3) is 5.17. The molecule has 0 heterocycles. The van der Waals surface area contributed by atoms with Gasteiger partial charge in [0, 0.05) is 7.11 Å². The van der Waals surface area contributed by atoms with Crippen molar-refractivity contribution in [2.45, 2.75) is 33.6 Å². The quantitative estimate of drug-likeness (QED) is 0.778. The fraction of sp³-hybridized carbons (Fsp3) is 0.571. The molecule has 92 valence electrons. The predicted octanol–water partition coefficient (Wildman–Crippen LogP) is 3.61. The Hall–Kier alpha value is -1.02. The van der Waals surface area contributed by atoms with Crippen LogP contribution >= 0.6 is 0 Å². The molecule has 0 aromatic heterocycles. The summed E-state index contributed by atoms with van der Waals surface area (Å²) < 4.78 is 10.3. The Morgan fingerprint density at radius 1 is 1.12 bits per heavy atom. The van der Waals surface area contributed by atoms with E-state index in [0.717, 1.165) is 18.8 Å². The number of rotatable bonds is 4. The summed E-state index contributed by atoms with van der Waals surface area (Å²) in [6.07, 6.45) is 2.19. The molecule has 1 aromatic rings. The summed E-state index contributed by atoms with van der Waals surface area (Å²) in [4.78, 5) is 0. The van der Waals surface area contributed by atoms with Gasteiger partial charge in [-0.15, -0.1) is 0 Å². The van der Waals surface area contributed by atoms with Crippen molar-refractivity contribution in [1.29, 1.82) is 0 Å². The minimum absolute atomic E-state index is 0.758. The molecule has 0 bridgehead atoms. The van der Waals surface area contributed by atoms with Crippen LogP contribution in [0.15, 0.2) is 18.2 Å². The smallest absolute Gasteiger partial charge is 0.122 e. The van der Waals surface area contributed by atoms with Gasteiger partial charge in [-0.25, -0.2) is 0 Å². The van der Waals surface area contributed by atoms with Crippen molar-refractivity contribution in [3.63, 3.8) is 0 Å². The van der Waals surface area contributed by atoms with Gasteiger partial charge in [0.1, 0.15) is 5.75 Å². The maximum atomic E-state index is 5.22. The summed E-state index contributed by atoms with van der Waals surface area (Å²) in [7, 11) is 3.41. The van der Waals surface area contributed by atoms with E-state index in [2.05, 4.69) is 26.8 Å². The molecule has 0 atom stereocenters. The van der Waals surface area contributed by atoms with Gasteiger partial charge in [-0.1, -0.05) is 32.4 Å². The van der Waals surface area contributed by atoms with E-state index in [1.807, 2.05) is 12.1 Å². The Bertz CT molecular complexity index is 282. The monoisotopic (exact) mass is 224 g/mol. The first-order chi connectivity index (χ1) is 7.71. The lowest BCUT2D eigenvalue weighted by Crippen LogP contribution is -1.98. The van der Waals surface area contributed by atoms with Crippen molar-refractivity contribution < 1.29 is 9.47 Å². The van der Waals surface area contributed by atoms with Crippen molar-refractivity contribution in [2.24, 2.45) is 0 Å². The van der Waals surface area contributed by atoms with Crippen molar-refractivity contribution in [2.75, 3.05) is 20.8 Å². The molecule has 0 aliphatic heterocycles. The first kappa shape index (κ1) is 15.0. The predicted molar refractivity (Wildman–Crippen MR) is 69.3 cm³/mol. The number of ether oxygens (including phenoxy) is 2. The molecule has 2 heteroatoms. The van der Waals surface area contributed by atoms with Crippen LogP contribution in [-0.4, -0.2) is 20.8 Å². The second-order valence-electron chi connectivity index (χ2n) is 3.69. The summed E-state index contributed by atoms with van der Waals surface area (Å²) in [5.41, 5.74) is 2.50. The Labute approximate surface area is 99.6 Å². The Kier molecular flexibility index (Phi) is 8.64. The molecule has 0 saturated heterocycles. The van der Waals surface area contributed by atoms with Crippen molar-refractivity contribution in [3.05, 3.63) is 29.3 Å². The van der Waals surface area contributed by atoms with Crippen molar-refractivity contribution in [3.8, 4) is 5.75 Å². The first-order valence-corrected chi connectivity index (χ1v) is 5.82. The fourth-order valence-corrected chi connectivity index (χ4v) is 1.36. The second kappa shape index (κ2) is 9.22. The summed E-state index contributed by atoms with van der Waals surface area (Å²) in [5, 5.41) is 0. The van der Waals surface area contributed by atoms with Gasteiger partial charge < -0.3 is 9.47 Å². The molecule has 0 unspecified atom stereocenters. The van der Waals surface area contributed by atoms with Crippen LogP contribution in [0.25, 0.3) is 0 Å². The standard InChI is InChI=1S/C11H16O2.C3H8/c1-9-10(7-8-12-2)5-4-6-11(9)13-3;1-3-2/h4-6H,7-8H2,1-3H3;3H2,1-2H3. The van der Waals surface area contributed by atoms with E-state index < -0.39 is 0 Å². The van der Waals surface area contributed by atoms with Crippen LogP contribution in [0.3, 0.4) is 0 Å². The van der Waals surface area contributed by atoms with E-state index in [0.29, 0.717) is 0 Å². The van der Waals surface area contributed by atoms with Crippen molar-refractivity contribution >= 4 is 0 Å². The molecule has 0 N–H and O–H groups in total. The van der Waals surface area contributed by atoms with Gasteiger partial charge in [0.15, 0.2) is 0 Å². The normalized spacial score (nSPS) is 9.31. The SMILES string of the molecule is CCC.COCCc1cccc(OC)c1C. The fourth-order valence-electron chi connectivity index (χ4n) is 1.36. The molecule has 16 heavy (non-hydrogen) atoms. The number of benzene rings is 1. The van der Waals surface area contributed by atoms with E-state index in [9.17, 15) is 0 Å². The number of methoxy groups -OCH3 is 2. The molecule has 0 radical (unpaired) electrons. The van der Waals surface area contributed by atoms with Gasteiger partial charge in [0.2, 0.25) is 0 Å². The Balaban J connectivity index is 0.000000673. The van der Waals surface area contributed by atoms with Gasteiger partial charge in [-0.2, -0.15) is 0 Å². The third-order valence-electron chi connectivity index (χ3n) is 2.19. The van der Waals surface area contributed by atoms with Crippen LogP contribution < -0.4 is 4.74 Å². The highest BCUT2D eigenvalue weighted by Crippen LogP contribution is 2.20. The minimum atomic E-state index is 0.758. The van der Waals surface area contributed by atoms with E-state index in [4.69, 9.17) is 9.47 Å². The number of hydrogen-bond donors (Lipinski definition) is 0. The molecule has 0 spiro atoms. The average molecular weight is 224 g/mol. The summed E-state index contributed by atoms with van der Waals surface area (Å²) in [6.45, 7) is 7.08. The largest absolute Gasteiger partial charge is 0.496 e. The van der Waals surface area contributed by atoms with Crippen LogP contribution in [0.5, 0.6) is 5.75 Å². The van der Waals surface area contributed by atoms with Crippen molar-refractivity contribution in [1.82, 2.24) is 0 Å². The van der Waals surface area contributed by atoms with E-state index in [1.165, 1.54) is 17.5 Å². The average Bonchev–Trinajstić information content (AvgIpc) is 2.29. The summed E-state index contributed by atoms with van der Waals surface area (Å²) in [6, 6.07) is 6.10. The highest BCUT2D eigenvalue weighted by atomic mass is 16.5. The van der Waals surface area contributed by atoms with Gasteiger partial charge in [-0.3, -0.25) is 0 Å². The zero-order valence-corrected chi connectivity index (χ0v) is 11.2. The lowest BCUT2D eigenvalue weighted by Gasteiger charge is -2.09. The van der Waals surface area contributed by atoms with E-state index in [1.54, 1.807) is 14.2 Å². The van der Waals surface area contributed by atoms with Gasteiger partial charge in [0.25, 0.3) is 0 Å². The summed E-state index contributed by atoms with van der Waals surface area (Å²) in [5.74, 6) is 0.952. The molecule has 1 aromatic carbocycles. The highest BCUT2D eigenvalue weighted by Gasteiger charge is 2.02. The highest BCUT2D eigenvalue weighted by molar-refractivity contribution is 5.39. The lowest BCUT2D eigenvalue weighted by atomic mass is 10.1. The molecular weight excluding hydrogens is 200 g/mol. The van der Waals surface area contributed by atoms with Gasteiger partial charge in [0.05, 0.1) is 13.7 Å². The van der Waals surface area contributed by atoms with Crippen LogP contribution in [0.4, 0.5) is 0 Å². The molecule has 1 rings (SSSR count). The van der Waals surface area contributed by atoms with Gasteiger partial charge in [-0.05, 0) is 30.5 Å². The van der Waals surface area contributed by atoms with Crippen LogP contribution in [-0.2, 0) is 11.2 Å². The molecule has 0 aliphatic carbocycles. The number of hydrogen-bond acceptors (Lipinski definition) is 2. The molecular formula is C14H24O2. The van der Waals surface area contributed by atoms with Gasteiger partial charge >= 0.3 is 0 Å². The maximum Gasteiger partial charge on any atom is 0.122 e. The third-order valence-corrected chi connectivity index (χ3v) is 2.19. The second-order valence-corrected chi connectivity index (χ2v) is 3.69. The molecule has 0 aliphatic rings.